The predicted octanol–water partition coefficient (Wildman–Crippen LogP) is 2.45. The fraction of sp³-hybridized carbons (Fsp3) is 0.417. The molecule has 1 aromatic carbocycles. The number of hydrogen-bond donors (Lipinski definition) is 0. The third-order valence-electron chi connectivity index (χ3n) is 2.40. The summed E-state index contributed by atoms with van der Waals surface area (Å²) in [6.45, 7) is 2.08. The Morgan fingerprint density at radius 1 is 1.36 bits per heavy atom. The van der Waals surface area contributed by atoms with Crippen LogP contribution >= 0.6 is 0 Å². The molecule has 2 nitrogen and oxygen atoms in total. The maximum atomic E-state index is 10.5. The molecule has 0 saturated carbocycles. The molecule has 0 saturated heterocycles. The third kappa shape index (κ3) is 2.34. The molecule has 0 fully saturated rings. The van der Waals surface area contributed by atoms with Crippen molar-refractivity contribution in [3.05, 3.63) is 29.8 Å². The molecule has 0 N–H and O–H groups in total. The SMILES string of the molecule is CC(CC=O)c1ccccc1N(C)C. The summed E-state index contributed by atoms with van der Waals surface area (Å²) in [6, 6.07) is 8.20. The molecule has 0 bridgehead atoms. The zero-order valence-corrected chi connectivity index (χ0v) is 9.03. The first-order valence-corrected chi connectivity index (χ1v) is 4.86. The molecule has 0 aliphatic rings. The van der Waals surface area contributed by atoms with E-state index >= 15 is 0 Å². The minimum Gasteiger partial charge on any atom is -0.377 e. The molecule has 0 amide bonds. The highest BCUT2D eigenvalue weighted by Gasteiger charge is 2.10. The van der Waals surface area contributed by atoms with Crippen LogP contribution in [0.4, 0.5) is 5.69 Å². The Hall–Kier alpha value is -1.31. The highest BCUT2D eigenvalue weighted by atomic mass is 16.1. The average Bonchev–Trinajstić information content (AvgIpc) is 2.18. The smallest absolute Gasteiger partial charge is 0.120 e. The van der Waals surface area contributed by atoms with Crippen molar-refractivity contribution in [3.63, 3.8) is 0 Å². The Kier molecular flexibility index (Phi) is 3.69. The Balaban J connectivity index is 2.99. The Labute approximate surface area is 85.5 Å². The third-order valence-corrected chi connectivity index (χ3v) is 2.40. The van der Waals surface area contributed by atoms with E-state index in [1.807, 2.05) is 26.2 Å². The monoisotopic (exact) mass is 191 g/mol. The van der Waals surface area contributed by atoms with Gasteiger partial charge in [0.2, 0.25) is 0 Å². The molecule has 14 heavy (non-hydrogen) atoms. The Morgan fingerprint density at radius 3 is 2.57 bits per heavy atom. The lowest BCUT2D eigenvalue weighted by Gasteiger charge is -2.20. The second-order valence-electron chi connectivity index (χ2n) is 3.76. The number of anilines is 1. The molecule has 0 heterocycles. The van der Waals surface area contributed by atoms with Gasteiger partial charge in [-0.3, -0.25) is 0 Å². The van der Waals surface area contributed by atoms with Crippen LogP contribution in [0, 0.1) is 0 Å². The van der Waals surface area contributed by atoms with E-state index in [0.717, 1.165) is 6.29 Å². The van der Waals surface area contributed by atoms with E-state index in [9.17, 15) is 4.79 Å². The van der Waals surface area contributed by atoms with E-state index in [1.165, 1.54) is 11.3 Å². The minimum atomic E-state index is 0.297. The fourth-order valence-electron chi connectivity index (χ4n) is 1.58. The summed E-state index contributed by atoms with van der Waals surface area (Å²) in [5, 5.41) is 0. The molecule has 0 aliphatic carbocycles. The van der Waals surface area contributed by atoms with Crippen molar-refractivity contribution < 1.29 is 4.79 Å². The number of carbonyl (C=O) groups is 1. The number of nitrogens with zero attached hydrogens (tertiary/aromatic N) is 1. The number of aldehydes is 1. The Bertz CT molecular complexity index is 307. The molecule has 76 valence electrons. The molecule has 0 aliphatic heterocycles. The van der Waals surface area contributed by atoms with Gasteiger partial charge in [0.05, 0.1) is 0 Å². The second-order valence-corrected chi connectivity index (χ2v) is 3.76. The molecule has 2 heteroatoms. The van der Waals surface area contributed by atoms with Crippen LogP contribution in [-0.4, -0.2) is 20.4 Å². The first-order chi connectivity index (χ1) is 6.66. The van der Waals surface area contributed by atoms with Crippen molar-refractivity contribution in [1.82, 2.24) is 0 Å². The zero-order valence-electron chi connectivity index (χ0n) is 9.03. The summed E-state index contributed by atoms with van der Waals surface area (Å²) in [6.07, 6.45) is 1.57. The van der Waals surface area contributed by atoms with E-state index < -0.39 is 0 Å². The standard InChI is InChI=1S/C12H17NO/c1-10(8-9-14)11-6-4-5-7-12(11)13(2)3/h4-7,9-10H,8H2,1-3H3. The van der Waals surface area contributed by atoms with E-state index in [-0.39, 0.29) is 0 Å². The normalized spacial score (nSPS) is 12.2. The van der Waals surface area contributed by atoms with Gasteiger partial charge in [0.1, 0.15) is 6.29 Å². The lowest BCUT2D eigenvalue weighted by Crippen LogP contribution is -2.12. The van der Waals surface area contributed by atoms with Gasteiger partial charge in [-0.25, -0.2) is 0 Å². The van der Waals surface area contributed by atoms with Gasteiger partial charge in [0.15, 0.2) is 0 Å². The number of carbonyl (C=O) groups excluding carboxylic acids is 1. The minimum absolute atomic E-state index is 0.297. The molecule has 1 rings (SSSR count). The maximum absolute atomic E-state index is 10.5. The largest absolute Gasteiger partial charge is 0.377 e. The highest BCUT2D eigenvalue weighted by Crippen LogP contribution is 2.27. The van der Waals surface area contributed by atoms with Crippen molar-refractivity contribution in [2.45, 2.75) is 19.3 Å². The van der Waals surface area contributed by atoms with Crippen molar-refractivity contribution in [2.75, 3.05) is 19.0 Å². The van der Waals surface area contributed by atoms with Crippen LogP contribution in [0.25, 0.3) is 0 Å². The van der Waals surface area contributed by atoms with Crippen molar-refractivity contribution in [1.29, 1.82) is 0 Å². The van der Waals surface area contributed by atoms with Gasteiger partial charge in [0, 0.05) is 26.2 Å². The summed E-state index contributed by atoms with van der Waals surface area (Å²) in [4.78, 5) is 12.5. The Morgan fingerprint density at radius 2 is 2.00 bits per heavy atom. The van der Waals surface area contributed by atoms with Gasteiger partial charge in [-0.1, -0.05) is 25.1 Å². The van der Waals surface area contributed by atoms with Crippen LogP contribution in [0.3, 0.4) is 0 Å². The van der Waals surface area contributed by atoms with Gasteiger partial charge >= 0.3 is 0 Å². The number of para-hydroxylation sites is 1. The molecule has 1 atom stereocenters. The van der Waals surface area contributed by atoms with Crippen LogP contribution in [0.15, 0.2) is 24.3 Å². The molecule has 0 radical (unpaired) electrons. The topological polar surface area (TPSA) is 20.3 Å². The molecular formula is C12H17NO. The summed E-state index contributed by atoms with van der Waals surface area (Å²) in [5.74, 6) is 0.297. The fourth-order valence-corrected chi connectivity index (χ4v) is 1.58. The van der Waals surface area contributed by atoms with Gasteiger partial charge in [-0.2, -0.15) is 0 Å². The lowest BCUT2D eigenvalue weighted by atomic mass is 9.96. The molecule has 1 unspecified atom stereocenters. The number of hydrogen-bond acceptors (Lipinski definition) is 2. The van der Waals surface area contributed by atoms with Gasteiger partial charge in [-0.05, 0) is 17.5 Å². The first-order valence-electron chi connectivity index (χ1n) is 4.86. The van der Waals surface area contributed by atoms with Crippen molar-refractivity contribution >= 4 is 12.0 Å². The van der Waals surface area contributed by atoms with E-state index in [0.29, 0.717) is 12.3 Å². The van der Waals surface area contributed by atoms with E-state index in [4.69, 9.17) is 0 Å². The lowest BCUT2D eigenvalue weighted by molar-refractivity contribution is -0.108. The average molecular weight is 191 g/mol. The quantitative estimate of drug-likeness (QED) is 0.681. The summed E-state index contributed by atoms with van der Waals surface area (Å²) < 4.78 is 0. The number of benzene rings is 1. The van der Waals surface area contributed by atoms with Gasteiger partial charge in [-0.15, -0.1) is 0 Å². The summed E-state index contributed by atoms with van der Waals surface area (Å²) in [7, 11) is 4.04. The first kappa shape index (κ1) is 10.8. The van der Waals surface area contributed by atoms with Crippen LogP contribution in [0.2, 0.25) is 0 Å². The summed E-state index contributed by atoms with van der Waals surface area (Å²) >= 11 is 0. The van der Waals surface area contributed by atoms with E-state index in [1.54, 1.807) is 0 Å². The van der Waals surface area contributed by atoms with Crippen LogP contribution in [0.1, 0.15) is 24.8 Å². The van der Waals surface area contributed by atoms with E-state index in [2.05, 4.69) is 24.0 Å². The van der Waals surface area contributed by atoms with Crippen LogP contribution < -0.4 is 4.90 Å². The van der Waals surface area contributed by atoms with Crippen molar-refractivity contribution in [2.24, 2.45) is 0 Å². The molecular weight excluding hydrogens is 174 g/mol. The highest BCUT2D eigenvalue weighted by molar-refractivity contribution is 5.58. The van der Waals surface area contributed by atoms with Gasteiger partial charge in [0.25, 0.3) is 0 Å². The molecule has 1 aromatic rings. The maximum Gasteiger partial charge on any atom is 0.120 e. The zero-order chi connectivity index (χ0) is 10.6. The van der Waals surface area contributed by atoms with Gasteiger partial charge < -0.3 is 9.69 Å². The van der Waals surface area contributed by atoms with Crippen molar-refractivity contribution in [3.8, 4) is 0 Å². The van der Waals surface area contributed by atoms with Crippen LogP contribution in [-0.2, 0) is 4.79 Å². The summed E-state index contributed by atoms with van der Waals surface area (Å²) in [5.41, 5.74) is 2.44. The molecule has 0 aromatic heterocycles. The molecule has 0 spiro atoms. The number of rotatable bonds is 4. The second kappa shape index (κ2) is 4.80. The van der Waals surface area contributed by atoms with Crippen LogP contribution in [0.5, 0.6) is 0 Å². The predicted molar refractivity (Wildman–Crippen MR) is 59.9 cm³/mol.